The van der Waals surface area contributed by atoms with Crippen LogP contribution in [0.2, 0.25) is 0 Å². The predicted octanol–water partition coefficient (Wildman–Crippen LogP) is 1.80. The van der Waals surface area contributed by atoms with Crippen LogP contribution in [0.25, 0.3) is 0 Å². The fourth-order valence-corrected chi connectivity index (χ4v) is 4.32. The van der Waals surface area contributed by atoms with Crippen LogP contribution in [-0.4, -0.2) is 48.4 Å². The lowest BCUT2D eigenvalue weighted by atomic mass is 9.98. The number of carbonyl (C=O) groups excluding carboxylic acids is 1. The number of hydrogen-bond donors (Lipinski definition) is 1. The molecule has 1 aromatic heterocycles. The molecule has 2 N–H and O–H groups in total. The van der Waals surface area contributed by atoms with Crippen molar-refractivity contribution in [1.29, 1.82) is 0 Å². The van der Waals surface area contributed by atoms with Gasteiger partial charge < -0.3 is 10.6 Å². The molecule has 0 bridgehead atoms. The van der Waals surface area contributed by atoms with E-state index < -0.39 is 0 Å². The summed E-state index contributed by atoms with van der Waals surface area (Å²) in [5.74, 6) is 1.55. The number of fused-ring (bicyclic) bond motifs is 1. The first kappa shape index (κ1) is 16.7. The molecule has 1 saturated carbocycles. The zero-order valence-electron chi connectivity index (χ0n) is 12.4. The molecule has 3 unspecified atom stereocenters. The molecule has 3 rings (SSSR count). The highest BCUT2D eigenvalue weighted by atomic mass is 35.5. The largest absolute Gasteiger partial charge is 0.340 e. The van der Waals surface area contributed by atoms with E-state index in [9.17, 15) is 4.79 Å². The zero-order valence-corrected chi connectivity index (χ0v) is 14.0. The molecule has 2 fully saturated rings. The molecule has 1 saturated heterocycles. The summed E-state index contributed by atoms with van der Waals surface area (Å²) < 4.78 is 0. The zero-order chi connectivity index (χ0) is 14.1. The highest BCUT2D eigenvalue weighted by molar-refractivity contribution is 7.09. The van der Waals surface area contributed by atoms with Gasteiger partial charge in [0.05, 0.1) is 13.1 Å². The van der Waals surface area contributed by atoms with E-state index in [1.807, 2.05) is 18.0 Å². The minimum atomic E-state index is 0. The minimum Gasteiger partial charge on any atom is -0.340 e. The molecule has 0 radical (unpaired) electrons. The Kier molecular flexibility index (Phi) is 5.66. The number of likely N-dealkylation sites (N-methyl/N-ethyl adjacent to an activating group) is 1. The summed E-state index contributed by atoms with van der Waals surface area (Å²) >= 11 is 1.70. The molecule has 0 aromatic carbocycles. The van der Waals surface area contributed by atoms with Crippen molar-refractivity contribution < 1.29 is 4.79 Å². The Bertz CT molecular complexity index is 467. The van der Waals surface area contributed by atoms with Crippen molar-refractivity contribution in [2.75, 3.05) is 26.7 Å². The fourth-order valence-electron chi connectivity index (χ4n) is 3.57. The summed E-state index contributed by atoms with van der Waals surface area (Å²) in [5, 5.41) is 2.05. The number of amides is 1. The summed E-state index contributed by atoms with van der Waals surface area (Å²) in [6.07, 6.45) is 2.40. The second kappa shape index (κ2) is 7.09. The third-order valence-electron chi connectivity index (χ3n) is 4.75. The van der Waals surface area contributed by atoms with Crippen LogP contribution >= 0.6 is 23.7 Å². The smallest absolute Gasteiger partial charge is 0.236 e. The minimum absolute atomic E-state index is 0. The lowest BCUT2D eigenvalue weighted by Gasteiger charge is -2.22. The van der Waals surface area contributed by atoms with E-state index in [1.54, 1.807) is 11.3 Å². The molecule has 118 valence electrons. The van der Waals surface area contributed by atoms with Crippen LogP contribution in [0, 0.1) is 11.8 Å². The van der Waals surface area contributed by atoms with Crippen molar-refractivity contribution in [3.8, 4) is 0 Å². The summed E-state index contributed by atoms with van der Waals surface area (Å²) in [6.45, 7) is 3.32. The van der Waals surface area contributed by atoms with E-state index >= 15 is 0 Å². The standard InChI is InChI=1S/C15H23N3OS.ClH/c1-17(8-12-3-2-6-20-12)15(19)10-18-7-11-4-5-14(16)13(11)9-18;/h2-3,6,11,13-14H,4-5,7-10,16H2,1H3;1H. The van der Waals surface area contributed by atoms with Gasteiger partial charge in [-0.1, -0.05) is 6.07 Å². The number of carbonyl (C=O) groups is 1. The quantitative estimate of drug-likeness (QED) is 0.916. The molecule has 4 nitrogen and oxygen atoms in total. The highest BCUT2D eigenvalue weighted by Gasteiger charge is 2.41. The first-order valence-electron chi connectivity index (χ1n) is 7.38. The van der Waals surface area contributed by atoms with Crippen LogP contribution in [0.1, 0.15) is 17.7 Å². The number of hydrogen-bond acceptors (Lipinski definition) is 4. The van der Waals surface area contributed by atoms with E-state index in [-0.39, 0.29) is 18.3 Å². The fraction of sp³-hybridized carbons (Fsp3) is 0.667. The molecule has 1 aliphatic carbocycles. The Morgan fingerprint density at radius 3 is 2.95 bits per heavy atom. The van der Waals surface area contributed by atoms with Crippen molar-refractivity contribution in [2.45, 2.75) is 25.4 Å². The maximum absolute atomic E-state index is 12.3. The average molecular weight is 330 g/mol. The monoisotopic (exact) mass is 329 g/mol. The number of halogens is 1. The summed E-state index contributed by atoms with van der Waals surface area (Å²) in [7, 11) is 1.89. The summed E-state index contributed by atoms with van der Waals surface area (Å²) in [6, 6.07) is 4.46. The van der Waals surface area contributed by atoms with Crippen LogP contribution in [-0.2, 0) is 11.3 Å². The molecule has 1 aliphatic heterocycles. The molecule has 0 spiro atoms. The van der Waals surface area contributed by atoms with E-state index in [4.69, 9.17) is 5.73 Å². The average Bonchev–Trinajstić information content (AvgIpc) is 3.10. The van der Waals surface area contributed by atoms with Gasteiger partial charge in [0.15, 0.2) is 0 Å². The van der Waals surface area contributed by atoms with Gasteiger partial charge in [-0.15, -0.1) is 23.7 Å². The molecule has 3 atom stereocenters. The lowest BCUT2D eigenvalue weighted by Crippen LogP contribution is -2.38. The Morgan fingerprint density at radius 2 is 2.29 bits per heavy atom. The van der Waals surface area contributed by atoms with Crippen LogP contribution in [0.15, 0.2) is 17.5 Å². The molecule has 2 heterocycles. The van der Waals surface area contributed by atoms with E-state index in [0.29, 0.717) is 18.5 Å². The normalized spacial score (nSPS) is 28.2. The van der Waals surface area contributed by atoms with Gasteiger partial charge >= 0.3 is 0 Å². The van der Waals surface area contributed by atoms with Crippen molar-refractivity contribution >= 4 is 29.7 Å². The van der Waals surface area contributed by atoms with Crippen molar-refractivity contribution in [3.63, 3.8) is 0 Å². The molecule has 21 heavy (non-hydrogen) atoms. The Hall–Kier alpha value is -0.620. The molecule has 6 heteroatoms. The number of thiophene rings is 1. The lowest BCUT2D eigenvalue weighted by molar-refractivity contribution is -0.131. The topological polar surface area (TPSA) is 49.6 Å². The molecule has 1 aromatic rings. The van der Waals surface area contributed by atoms with Crippen LogP contribution in [0.3, 0.4) is 0 Å². The van der Waals surface area contributed by atoms with Crippen LogP contribution in [0.5, 0.6) is 0 Å². The Balaban J connectivity index is 0.00000161. The van der Waals surface area contributed by atoms with Gasteiger partial charge in [0.25, 0.3) is 0 Å². The van der Waals surface area contributed by atoms with E-state index in [0.717, 1.165) is 32.0 Å². The molecular formula is C15H24ClN3OS. The van der Waals surface area contributed by atoms with Crippen molar-refractivity contribution in [1.82, 2.24) is 9.80 Å². The molecular weight excluding hydrogens is 306 g/mol. The maximum atomic E-state index is 12.3. The summed E-state index contributed by atoms with van der Waals surface area (Å²) in [4.78, 5) is 17.6. The van der Waals surface area contributed by atoms with Crippen molar-refractivity contribution in [2.24, 2.45) is 17.6 Å². The van der Waals surface area contributed by atoms with Crippen molar-refractivity contribution in [3.05, 3.63) is 22.4 Å². The number of rotatable bonds is 4. The van der Waals surface area contributed by atoms with Gasteiger partial charge in [-0.2, -0.15) is 0 Å². The first-order valence-corrected chi connectivity index (χ1v) is 8.25. The Morgan fingerprint density at radius 1 is 1.48 bits per heavy atom. The van der Waals surface area contributed by atoms with E-state index in [1.165, 1.54) is 11.3 Å². The van der Waals surface area contributed by atoms with Gasteiger partial charge in [-0.25, -0.2) is 0 Å². The SMILES string of the molecule is CN(Cc1cccs1)C(=O)CN1CC2CCC(N)C2C1.Cl. The summed E-state index contributed by atoms with van der Waals surface area (Å²) in [5.41, 5.74) is 6.14. The van der Waals surface area contributed by atoms with Gasteiger partial charge in [0.1, 0.15) is 0 Å². The molecule has 2 aliphatic rings. The van der Waals surface area contributed by atoms with E-state index in [2.05, 4.69) is 16.3 Å². The van der Waals surface area contributed by atoms with Gasteiger partial charge in [-0.05, 0) is 36.1 Å². The third-order valence-corrected chi connectivity index (χ3v) is 5.61. The highest BCUT2D eigenvalue weighted by Crippen LogP contribution is 2.36. The first-order chi connectivity index (χ1) is 9.63. The number of nitrogens with two attached hydrogens (primary N) is 1. The predicted molar refractivity (Wildman–Crippen MR) is 88.7 cm³/mol. The third kappa shape index (κ3) is 3.77. The van der Waals surface area contributed by atoms with Gasteiger partial charge in [-0.3, -0.25) is 9.69 Å². The maximum Gasteiger partial charge on any atom is 0.236 e. The second-order valence-corrected chi connectivity index (χ2v) is 7.22. The van der Waals surface area contributed by atoms with Crippen LogP contribution in [0.4, 0.5) is 0 Å². The second-order valence-electron chi connectivity index (χ2n) is 6.19. The number of likely N-dealkylation sites (tertiary alicyclic amines) is 1. The molecule has 1 amide bonds. The van der Waals surface area contributed by atoms with Gasteiger partial charge in [0, 0.05) is 31.1 Å². The number of nitrogens with zero attached hydrogens (tertiary/aromatic N) is 2. The van der Waals surface area contributed by atoms with Crippen LogP contribution < -0.4 is 5.73 Å². The van der Waals surface area contributed by atoms with Gasteiger partial charge in [0.2, 0.25) is 5.91 Å². The Labute approximate surface area is 136 Å².